The molecule has 0 aliphatic rings. The summed E-state index contributed by atoms with van der Waals surface area (Å²) in [4.78, 5) is 72.7. The van der Waals surface area contributed by atoms with Crippen LogP contribution < -0.4 is 0 Å². The standard InChI is InChI=1S/C76H148O17P2/c1-9-68(7)54-46-38-30-24-21-22-26-32-43-51-59-76(81)92-71(62-86-73(78)56-48-40-33-27-29-37-45-53-67(5)6)64-90-94(82,83)88-60-70(77)61-89-95(84,85)91-65-72(63-87-74(79)57-49-41-35-34-39-47-55-69(8)10-2)93-75(80)58-50-42-31-25-20-18-16-14-12-11-13-15-17-19-23-28-36-44-52-66(3)4/h66-72,77H,9-65H2,1-8H3,(H,82,83)(H,84,85)/t68?,69?,70?,71-,72-/m1/s1. The molecule has 0 heterocycles. The van der Waals surface area contributed by atoms with Gasteiger partial charge in [-0.2, -0.15) is 0 Å². The van der Waals surface area contributed by atoms with E-state index in [0.29, 0.717) is 31.6 Å². The number of carbonyl (C=O) groups is 4. The van der Waals surface area contributed by atoms with Crippen LogP contribution in [-0.4, -0.2) is 96.7 Å². The van der Waals surface area contributed by atoms with Gasteiger partial charge in [-0.25, -0.2) is 9.13 Å². The first-order chi connectivity index (χ1) is 45.7. The van der Waals surface area contributed by atoms with E-state index in [1.807, 2.05) is 0 Å². The van der Waals surface area contributed by atoms with Gasteiger partial charge in [-0.05, 0) is 49.4 Å². The molecule has 0 aliphatic heterocycles. The van der Waals surface area contributed by atoms with E-state index >= 15 is 0 Å². The number of carbonyl (C=O) groups excluding carboxylic acids is 4. The number of aliphatic hydroxyl groups excluding tert-OH is 1. The monoisotopic (exact) mass is 1400 g/mol. The molecule has 0 saturated heterocycles. The van der Waals surface area contributed by atoms with Crippen molar-refractivity contribution in [3.63, 3.8) is 0 Å². The summed E-state index contributed by atoms with van der Waals surface area (Å²) in [5.74, 6) is 0.935. The van der Waals surface area contributed by atoms with E-state index < -0.39 is 97.5 Å². The molecule has 0 aromatic rings. The van der Waals surface area contributed by atoms with Crippen LogP contribution in [0.15, 0.2) is 0 Å². The third-order valence-electron chi connectivity index (χ3n) is 18.3. The summed E-state index contributed by atoms with van der Waals surface area (Å²) in [6.45, 7) is 14.2. The third-order valence-corrected chi connectivity index (χ3v) is 20.2. The molecule has 3 N–H and O–H groups in total. The second kappa shape index (κ2) is 65.4. The molecule has 0 spiro atoms. The second-order valence-corrected chi connectivity index (χ2v) is 31.7. The van der Waals surface area contributed by atoms with Gasteiger partial charge in [0.15, 0.2) is 12.2 Å². The van der Waals surface area contributed by atoms with Gasteiger partial charge in [0.25, 0.3) is 0 Å². The van der Waals surface area contributed by atoms with E-state index in [9.17, 15) is 43.2 Å². The first-order valence-electron chi connectivity index (χ1n) is 39.3. The minimum atomic E-state index is -4.96. The molecule has 19 heteroatoms. The Hall–Kier alpha value is -1.94. The lowest BCUT2D eigenvalue weighted by Gasteiger charge is -2.21. The van der Waals surface area contributed by atoms with Crippen LogP contribution in [-0.2, 0) is 65.4 Å². The number of hydrogen-bond donors (Lipinski definition) is 3. The zero-order valence-electron chi connectivity index (χ0n) is 62.3. The van der Waals surface area contributed by atoms with Crippen LogP contribution in [0.2, 0.25) is 0 Å². The first kappa shape index (κ1) is 93.1. The van der Waals surface area contributed by atoms with Crippen LogP contribution in [0.3, 0.4) is 0 Å². The molecule has 0 radical (unpaired) electrons. The predicted molar refractivity (Wildman–Crippen MR) is 386 cm³/mol. The minimum Gasteiger partial charge on any atom is -0.462 e. The first-order valence-corrected chi connectivity index (χ1v) is 42.3. The molecule has 17 nitrogen and oxygen atoms in total. The average molecular weight is 1400 g/mol. The van der Waals surface area contributed by atoms with Gasteiger partial charge in [0.1, 0.15) is 19.3 Å². The molecule has 0 aromatic carbocycles. The highest BCUT2D eigenvalue weighted by Crippen LogP contribution is 2.45. The number of esters is 4. The average Bonchev–Trinajstić information content (AvgIpc) is 1.40. The molecule has 0 fully saturated rings. The number of rotatable bonds is 73. The van der Waals surface area contributed by atoms with Gasteiger partial charge < -0.3 is 33.8 Å². The van der Waals surface area contributed by atoms with Crippen molar-refractivity contribution in [2.24, 2.45) is 23.7 Å². The van der Waals surface area contributed by atoms with Gasteiger partial charge in [-0.3, -0.25) is 37.3 Å². The van der Waals surface area contributed by atoms with E-state index in [-0.39, 0.29) is 25.7 Å². The molecule has 0 rings (SSSR count). The molecule has 95 heavy (non-hydrogen) atoms. The molecular weight excluding hydrogens is 1250 g/mol. The van der Waals surface area contributed by atoms with E-state index in [2.05, 4.69) is 55.4 Å². The minimum absolute atomic E-state index is 0.105. The van der Waals surface area contributed by atoms with Crippen LogP contribution in [0, 0.1) is 23.7 Å². The van der Waals surface area contributed by atoms with Crippen molar-refractivity contribution in [3.8, 4) is 0 Å². The van der Waals surface area contributed by atoms with Crippen LogP contribution in [0.1, 0.15) is 383 Å². The second-order valence-electron chi connectivity index (χ2n) is 28.8. The Morgan fingerprint density at radius 1 is 0.295 bits per heavy atom. The molecule has 0 aromatic heterocycles. The lowest BCUT2D eigenvalue weighted by Crippen LogP contribution is -2.30. The van der Waals surface area contributed by atoms with Crippen molar-refractivity contribution in [1.82, 2.24) is 0 Å². The maximum Gasteiger partial charge on any atom is 0.472 e. The molecule has 0 amide bonds. The van der Waals surface area contributed by atoms with Crippen LogP contribution in [0.4, 0.5) is 0 Å². The summed E-state index contributed by atoms with van der Waals surface area (Å²) in [5, 5.41) is 10.6. The van der Waals surface area contributed by atoms with Gasteiger partial charge >= 0.3 is 39.5 Å². The smallest absolute Gasteiger partial charge is 0.462 e. The fraction of sp³-hybridized carbons (Fsp3) is 0.947. The van der Waals surface area contributed by atoms with Crippen LogP contribution in [0.25, 0.3) is 0 Å². The Kier molecular flexibility index (Phi) is 64.0. The van der Waals surface area contributed by atoms with Crippen LogP contribution >= 0.6 is 15.6 Å². The Labute approximate surface area is 581 Å². The normalized spacial score (nSPS) is 14.7. The maximum absolute atomic E-state index is 13.1. The molecular formula is C76H148O17P2. The Morgan fingerprint density at radius 2 is 0.505 bits per heavy atom. The maximum atomic E-state index is 13.1. The molecule has 564 valence electrons. The van der Waals surface area contributed by atoms with Crippen molar-refractivity contribution in [2.75, 3.05) is 39.6 Å². The molecule has 5 unspecified atom stereocenters. The number of unbranched alkanes of at least 4 members (excludes halogenated alkanes) is 37. The lowest BCUT2D eigenvalue weighted by atomic mass is 9.99. The highest BCUT2D eigenvalue weighted by Gasteiger charge is 2.30. The van der Waals surface area contributed by atoms with E-state index in [1.165, 1.54) is 173 Å². The summed E-state index contributed by atoms with van der Waals surface area (Å²) in [6, 6.07) is 0. The Balaban J connectivity index is 5.19. The Morgan fingerprint density at radius 3 is 0.747 bits per heavy atom. The number of hydrogen-bond acceptors (Lipinski definition) is 15. The topological polar surface area (TPSA) is 237 Å². The number of phosphoric acid groups is 2. The quantitative estimate of drug-likeness (QED) is 0.0222. The number of phosphoric ester groups is 2. The Bertz CT molecular complexity index is 1870. The molecule has 0 bridgehead atoms. The largest absolute Gasteiger partial charge is 0.472 e. The van der Waals surface area contributed by atoms with Gasteiger partial charge in [0, 0.05) is 25.7 Å². The van der Waals surface area contributed by atoms with Gasteiger partial charge in [0.2, 0.25) is 0 Å². The fourth-order valence-corrected chi connectivity index (χ4v) is 13.1. The van der Waals surface area contributed by atoms with Gasteiger partial charge in [0.05, 0.1) is 26.4 Å². The summed E-state index contributed by atoms with van der Waals surface area (Å²) in [5.41, 5.74) is 0. The van der Waals surface area contributed by atoms with Crippen LogP contribution in [0.5, 0.6) is 0 Å². The van der Waals surface area contributed by atoms with E-state index in [0.717, 1.165) is 120 Å². The van der Waals surface area contributed by atoms with Crippen molar-refractivity contribution in [2.45, 2.75) is 401 Å². The van der Waals surface area contributed by atoms with Gasteiger partial charge in [-0.1, -0.05) is 331 Å². The fourth-order valence-electron chi connectivity index (χ4n) is 11.5. The zero-order chi connectivity index (χ0) is 70.3. The van der Waals surface area contributed by atoms with E-state index in [1.54, 1.807) is 0 Å². The summed E-state index contributed by atoms with van der Waals surface area (Å²) >= 11 is 0. The third kappa shape index (κ3) is 67.6. The molecule has 0 aliphatic carbocycles. The highest BCUT2D eigenvalue weighted by molar-refractivity contribution is 7.47. The molecule has 7 atom stereocenters. The zero-order valence-corrected chi connectivity index (χ0v) is 64.1. The highest BCUT2D eigenvalue weighted by atomic mass is 31.2. The van der Waals surface area contributed by atoms with Crippen molar-refractivity contribution in [3.05, 3.63) is 0 Å². The summed E-state index contributed by atoms with van der Waals surface area (Å²) in [7, 11) is -9.91. The number of aliphatic hydroxyl groups is 1. The van der Waals surface area contributed by atoms with Crippen molar-refractivity contribution >= 4 is 39.5 Å². The number of ether oxygens (including phenoxy) is 4. The van der Waals surface area contributed by atoms with Gasteiger partial charge in [-0.15, -0.1) is 0 Å². The predicted octanol–water partition coefficient (Wildman–Crippen LogP) is 22.0. The summed E-state index contributed by atoms with van der Waals surface area (Å²) in [6.07, 6.45) is 50.1. The van der Waals surface area contributed by atoms with E-state index in [4.69, 9.17) is 37.0 Å². The SMILES string of the molecule is CCC(C)CCCCCCCCCCCCC(=O)O[C@H](COC(=O)CCCCCCCCCC(C)C)COP(=O)(O)OCC(O)COP(=O)(O)OC[C@@H](COC(=O)CCCCCCCCC(C)CC)OC(=O)CCCCCCCCCCCCCCCCCCCCC(C)C. The molecule has 0 saturated carbocycles. The summed E-state index contributed by atoms with van der Waals surface area (Å²) < 4.78 is 68.5. The lowest BCUT2D eigenvalue weighted by molar-refractivity contribution is -0.161. The van der Waals surface area contributed by atoms with Crippen molar-refractivity contribution < 1.29 is 80.2 Å². The van der Waals surface area contributed by atoms with Crippen molar-refractivity contribution in [1.29, 1.82) is 0 Å².